The van der Waals surface area contributed by atoms with E-state index < -0.39 is 0 Å². The predicted molar refractivity (Wildman–Crippen MR) is 59.8 cm³/mol. The van der Waals surface area contributed by atoms with Gasteiger partial charge < -0.3 is 14.5 Å². The lowest BCUT2D eigenvalue weighted by Crippen LogP contribution is -2.35. The fourth-order valence-electron chi connectivity index (χ4n) is 1.07. The van der Waals surface area contributed by atoms with Gasteiger partial charge in [0.2, 0.25) is 0 Å². The summed E-state index contributed by atoms with van der Waals surface area (Å²) in [5, 5.41) is 2.77. The van der Waals surface area contributed by atoms with E-state index in [0.29, 0.717) is 23.6 Å². The molecule has 0 spiro atoms. The zero-order chi connectivity index (χ0) is 11.3. The minimum atomic E-state index is -0.229. The van der Waals surface area contributed by atoms with Gasteiger partial charge in [-0.05, 0) is 41.9 Å². The smallest absolute Gasteiger partial charge is 0.287 e. The van der Waals surface area contributed by atoms with Crippen molar-refractivity contribution in [1.82, 2.24) is 5.32 Å². The molecule has 1 N–H and O–H groups in total. The van der Waals surface area contributed by atoms with Gasteiger partial charge >= 0.3 is 0 Å². The first kappa shape index (κ1) is 12.3. The van der Waals surface area contributed by atoms with Gasteiger partial charge in [-0.15, -0.1) is 0 Å². The largest absolute Gasteiger partial charge is 0.444 e. The van der Waals surface area contributed by atoms with Crippen LogP contribution in [0.15, 0.2) is 21.2 Å². The second-order valence-corrected chi connectivity index (χ2v) is 3.92. The van der Waals surface area contributed by atoms with Crippen molar-refractivity contribution < 1.29 is 13.9 Å². The monoisotopic (exact) mass is 275 g/mol. The molecule has 1 aromatic heterocycles. The van der Waals surface area contributed by atoms with Crippen LogP contribution in [0.4, 0.5) is 0 Å². The Morgan fingerprint density at radius 3 is 2.93 bits per heavy atom. The van der Waals surface area contributed by atoms with E-state index in [1.54, 1.807) is 12.1 Å². The second kappa shape index (κ2) is 5.92. The lowest BCUT2D eigenvalue weighted by molar-refractivity contribution is 0.0845. The average molecular weight is 276 g/mol. The summed E-state index contributed by atoms with van der Waals surface area (Å²) in [4.78, 5) is 11.6. The van der Waals surface area contributed by atoms with Gasteiger partial charge in [-0.25, -0.2) is 0 Å². The van der Waals surface area contributed by atoms with Crippen molar-refractivity contribution in [3.8, 4) is 0 Å². The molecule has 0 aliphatic heterocycles. The number of amides is 1. The van der Waals surface area contributed by atoms with Gasteiger partial charge in [0.05, 0.1) is 6.61 Å². The van der Waals surface area contributed by atoms with E-state index in [2.05, 4.69) is 21.2 Å². The van der Waals surface area contributed by atoms with Crippen molar-refractivity contribution in [3.63, 3.8) is 0 Å². The van der Waals surface area contributed by atoms with Crippen LogP contribution >= 0.6 is 15.9 Å². The highest BCUT2D eigenvalue weighted by atomic mass is 79.9. The molecule has 1 rings (SSSR count). The van der Waals surface area contributed by atoms with E-state index in [-0.39, 0.29) is 11.9 Å². The molecule has 1 amide bonds. The minimum Gasteiger partial charge on any atom is -0.444 e. The Morgan fingerprint density at radius 2 is 2.40 bits per heavy atom. The summed E-state index contributed by atoms with van der Waals surface area (Å²) in [7, 11) is 0. The predicted octanol–water partition coefficient (Wildman–Crippen LogP) is 2.20. The fraction of sp³-hybridized carbons (Fsp3) is 0.500. The van der Waals surface area contributed by atoms with E-state index in [1.165, 1.54) is 0 Å². The summed E-state index contributed by atoms with van der Waals surface area (Å²) in [6.07, 6.45) is 0. The minimum absolute atomic E-state index is 0.0266. The summed E-state index contributed by atoms with van der Waals surface area (Å²) in [6.45, 7) is 4.94. The molecule has 1 unspecified atom stereocenters. The lowest BCUT2D eigenvalue weighted by Gasteiger charge is -2.12. The molecule has 0 saturated heterocycles. The second-order valence-electron chi connectivity index (χ2n) is 3.14. The topological polar surface area (TPSA) is 51.5 Å². The molecule has 1 heterocycles. The molecular formula is C10H14BrNO3. The Bertz CT molecular complexity index is 324. The number of carbonyl (C=O) groups excluding carboxylic acids is 1. The quantitative estimate of drug-likeness (QED) is 0.896. The number of carbonyl (C=O) groups is 1. The maximum Gasteiger partial charge on any atom is 0.287 e. The molecule has 0 saturated carbocycles. The molecule has 0 fully saturated rings. The third-order valence-electron chi connectivity index (χ3n) is 1.75. The Morgan fingerprint density at radius 1 is 1.67 bits per heavy atom. The Balaban J connectivity index is 2.42. The van der Waals surface area contributed by atoms with Gasteiger partial charge in [0.1, 0.15) is 0 Å². The van der Waals surface area contributed by atoms with Gasteiger partial charge in [-0.3, -0.25) is 4.79 Å². The third kappa shape index (κ3) is 4.05. The number of nitrogens with one attached hydrogen (secondary N) is 1. The number of furan rings is 1. The summed E-state index contributed by atoms with van der Waals surface area (Å²) in [5.74, 6) is 0.0677. The molecule has 0 radical (unpaired) electrons. The van der Waals surface area contributed by atoms with E-state index in [0.717, 1.165) is 0 Å². The van der Waals surface area contributed by atoms with Crippen molar-refractivity contribution in [2.75, 3.05) is 13.2 Å². The number of hydrogen-bond acceptors (Lipinski definition) is 3. The van der Waals surface area contributed by atoms with Crippen LogP contribution < -0.4 is 5.32 Å². The normalized spacial score (nSPS) is 12.5. The highest BCUT2D eigenvalue weighted by Gasteiger charge is 2.12. The SMILES string of the molecule is CCOCC(C)NC(=O)c1ccc(Br)o1. The highest BCUT2D eigenvalue weighted by Crippen LogP contribution is 2.13. The van der Waals surface area contributed by atoms with E-state index in [1.807, 2.05) is 13.8 Å². The van der Waals surface area contributed by atoms with Crippen LogP contribution in [0.5, 0.6) is 0 Å². The molecule has 4 nitrogen and oxygen atoms in total. The van der Waals surface area contributed by atoms with Crippen LogP contribution in [0.1, 0.15) is 24.4 Å². The highest BCUT2D eigenvalue weighted by molar-refractivity contribution is 9.10. The Kier molecular flexibility index (Phi) is 4.84. The zero-order valence-electron chi connectivity index (χ0n) is 8.75. The van der Waals surface area contributed by atoms with Gasteiger partial charge in [-0.1, -0.05) is 0 Å². The maximum absolute atomic E-state index is 11.6. The molecule has 0 aliphatic carbocycles. The van der Waals surface area contributed by atoms with Crippen LogP contribution in [-0.2, 0) is 4.74 Å². The zero-order valence-corrected chi connectivity index (χ0v) is 10.3. The summed E-state index contributed by atoms with van der Waals surface area (Å²) >= 11 is 3.14. The Hall–Kier alpha value is -0.810. The summed E-state index contributed by atoms with van der Waals surface area (Å²) in [5.41, 5.74) is 0. The van der Waals surface area contributed by atoms with Crippen molar-refractivity contribution >= 4 is 21.8 Å². The van der Waals surface area contributed by atoms with Crippen molar-refractivity contribution in [2.45, 2.75) is 19.9 Å². The van der Waals surface area contributed by atoms with Crippen LogP contribution in [0.2, 0.25) is 0 Å². The Labute approximate surface area is 97.1 Å². The molecule has 1 atom stereocenters. The first-order valence-corrected chi connectivity index (χ1v) is 5.56. The third-order valence-corrected chi connectivity index (χ3v) is 2.17. The lowest BCUT2D eigenvalue weighted by atomic mass is 10.3. The number of ether oxygens (including phenoxy) is 1. The summed E-state index contributed by atoms with van der Waals surface area (Å²) in [6, 6.07) is 3.27. The first-order chi connectivity index (χ1) is 7.13. The number of rotatable bonds is 5. The van der Waals surface area contributed by atoms with Crippen molar-refractivity contribution in [1.29, 1.82) is 0 Å². The van der Waals surface area contributed by atoms with E-state index >= 15 is 0 Å². The van der Waals surface area contributed by atoms with Crippen molar-refractivity contribution in [2.24, 2.45) is 0 Å². The molecule has 5 heteroatoms. The standard InChI is InChI=1S/C10H14BrNO3/c1-3-14-6-7(2)12-10(13)8-4-5-9(11)15-8/h4-5,7H,3,6H2,1-2H3,(H,12,13). The van der Waals surface area contributed by atoms with Crippen LogP contribution in [0.25, 0.3) is 0 Å². The maximum atomic E-state index is 11.6. The average Bonchev–Trinajstić information content (AvgIpc) is 2.61. The molecule has 15 heavy (non-hydrogen) atoms. The van der Waals surface area contributed by atoms with Gasteiger partial charge in [0.25, 0.3) is 5.91 Å². The van der Waals surface area contributed by atoms with Crippen LogP contribution in [-0.4, -0.2) is 25.2 Å². The number of halogens is 1. The molecule has 1 aromatic rings. The van der Waals surface area contributed by atoms with E-state index in [4.69, 9.17) is 9.15 Å². The molecule has 0 aromatic carbocycles. The van der Waals surface area contributed by atoms with Gasteiger partial charge in [0, 0.05) is 12.6 Å². The van der Waals surface area contributed by atoms with Crippen LogP contribution in [0.3, 0.4) is 0 Å². The molecule has 84 valence electrons. The van der Waals surface area contributed by atoms with Gasteiger partial charge in [0.15, 0.2) is 10.4 Å². The molecular weight excluding hydrogens is 262 g/mol. The fourth-order valence-corrected chi connectivity index (χ4v) is 1.37. The number of hydrogen-bond donors (Lipinski definition) is 1. The molecule has 0 aliphatic rings. The van der Waals surface area contributed by atoms with Crippen molar-refractivity contribution in [3.05, 3.63) is 22.6 Å². The van der Waals surface area contributed by atoms with Gasteiger partial charge in [-0.2, -0.15) is 0 Å². The summed E-state index contributed by atoms with van der Waals surface area (Å²) < 4.78 is 10.8. The molecule has 0 bridgehead atoms. The van der Waals surface area contributed by atoms with Crippen LogP contribution in [0, 0.1) is 0 Å². The first-order valence-electron chi connectivity index (χ1n) is 4.77. The van der Waals surface area contributed by atoms with E-state index in [9.17, 15) is 4.79 Å².